The summed E-state index contributed by atoms with van der Waals surface area (Å²) in [5.74, 6) is 1.30. The van der Waals surface area contributed by atoms with Crippen LogP contribution in [-0.4, -0.2) is 5.71 Å². The first kappa shape index (κ1) is 21.1. The first-order valence-electron chi connectivity index (χ1n) is 10.7. The quantitative estimate of drug-likeness (QED) is 0.383. The third kappa shape index (κ3) is 4.87. The van der Waals surface area contributed by atoms with Crippen LogP contribution in [-0.2, 0) is 0 Å². The zero-order valence-corrected chi connectivity index (χ0v) is 18.7. The van der Waals surface area contributed by atoms with Crippen LogP contribution in [0.1, 0.15) is 76.5 Å². The maximum atomic E-state index is 4.98. The minimum atomic E-state index is 0.417. The zero-order chi connectivity index (χ0) is 21.0. The lowest BCUT2D eigenvalue weighted by Gasteiger charge is -2.20. The highest BCUT2D eigenvalue weighted by Crippen LogP contribution is 2.33. The van der Waals surface area contributed by atoms with E-state index in [4.69, 9.17) is 5.10 Å². The Bertz CT molecular complexity index is 904. The Balaban J connectivity index is 1.99. The molecule has 0 saturated heterocycles. The van der Waals surface area contributed by atoms with Gasteiger partial charge < -0.3 is 0 Å². The molecular formula is C27H34N2. The Morgan fingerprint density at radius 3 is 2.03 bits per heavy atom. The number of para-hydroxylation sites is 1. The molecule has 0 bridgehead atoms. The molecule has 29 heavy (non-hydrogen) atoms. The Kier molecular flexibility index (Phi) is 6.74. The lowest BCUT2D eigenvalue weighted by molar-refractivity contribution is 0.807. The fourth-order valence-electron chi connectivity index (χ4n) is 3.92. The molecule has 1 atom stereocenters. The molecule has 1 N–H and O–H groups in total. The first-order valence-corrected chi connectivity index (χ1v) is 10.7. The molecule has 0 saturated carbocycles. The van der Waals surface area contributed by atoms with Crippen molar-refractivity contribution in [3.8, 4) is 0 Å². The highest BCUT2D eigenvalue weighted by molar-refractivity contribution is 6.01. The fourth-order valence-corrected chi connectivity index (χ4v) is 3.92. The molecule has 1 aliphatic carbocycles. The lowest BCUT2D eigenvalue weighted by atomic mass is 9.92. The molecule has 2 nitrogen and oxygen atoms in total. The van der Waals surface area contributed by atoms with E-state index >= 15 is 0 Å². The van der Waals surface area contributed by atoms with E-state index in [-0.39, 0.29) is 0 Å². The van der Waals surface area contributed by atoms with Crippen LogP contribution in [0.3, 0.4) is 0 Å². The van der Waals surface area contributed by atoms with Crippen LogP contribution in [0.4, 0.5) is 5.69 Å². The molecule has 0 radical (unpaired) electrons. The number of rotatable bonds is 7. The maximum Gasteiger partial charge on any atom is 0.0688 e. The molecule has 2 aromatic rings. The lowest BCUT2D eigenvalue weighted by Crippen LogP contribution is -2.12. The Labute approximate surface area is 176 Å². The van der Waals surface area contributed by atoms with E-state index < -0.39 is 0 Å². The van der Waals surface area contributed by atoms with Crippen molar-refractivity contribution in [1.29, 1.82) is 0 Å². The van der Waals surface area contributed by atoms with Crippen molar-refractivity contribution in [2.45, 2.75) is 59.8 Å². The Hall–Kier alpha value is -2.61. The van der Waals surface area contributed by atoms with Gasteiger partial charge in [-0.15, -0.1) is 0 Å². The minimum absolute atomic E-state index is 0.417. The number of nitrogens with one attached hydrogen (secondary N) is 1. The predicted molar refractivity (Wildman–Crippen MR) is 127 cm³/mol. The third-order valence-corrected chi connectivity index (χ3v) is 5.95. The van der Waals surface area contributed by atoms with Gasteiger partial charge in [0.2, 0.25) is 0 Å². The standard InChI is InChI=1S/C27H34N2/c1-18(2)24-13-10-14-25(19(3)4)27(24)29-28-26(22-11-8-7-9-12-22)17-23-16-15-20(5)21(23)6/h7-16,18-19,23,29H,17H2,1-6H3. The third-order valence-electron chi connectivity index (χ3n) is 5.95. The van der Waals surface area contributed by atoms with Gasteiger partial charge in [-0.2, -0.15) is 5.10 Å². The van der Waals surface area contributed by atoms with Gasteiger partial charge in [-0.25, -0.2) is 0 Å². The summed E-state index contributed by atoms with van der Waals surface area (Å²) >= 11 is 0. The minimum Gasteiger partial charge on any atom is -0.278 e. The van der Waals surface area contributed by atoms with Crippen molar-refractivity contribution in [2.75, 3.05) is 5.43 Å². The molecule has 0 aromatic heterocycles. The summed E-state index contributed by atoms with van der Waals surface area (Å²) in [6, 6.07) is 17.1. The van der Waals surface area contributed by atoms with Gasteiger partial charge in [-0.05, 0) is 42.4 Å². The van der Waals surface area contributed by atoms with Gasteiger partial charge in [0.25, 0.3) is 0 Å². The number of allylic oxidation sites excluding steroid dienone is 4. The maximum absolute atomic E-state index is 4.98. The monoisotopic (exact) mass is 386 g/mol. The van der Waals surface area contributed by atoms with Crippen LogP contribution in [0.5, 0.6) is 0 Å². The number of hydrazone groups is 1. The average molecular weight is 387 g/mol. The molecule has 2 aromatic carbocycles. The van der Waals surface area contributed by atoms with Crippen LogP contribution in [0, 0.1) is 5.92 Å². The Morgan fingerprint density at radius 2 is 1.52 bits per heavy atom. The van der Waals surface area contributed by atoms with Crippen LogP contribution in [0.25, 0.3) is 0 Å². The largest absolute Gasteiger partial charge is 0.278 e. The summed E-state index contributed by atoms with van der Waals surface area (Å²) in [4.78, 5) is 0. The number of nitrogens with zero attached hydrogens (tertiary/aromatic N) is 1. The summed E-state index contributed by atoms with van der Waals surface area (Å²) in [7, 11) is 0. The van der Waals surface area contributed by atoms with Crippen LogP contribution in [0.2, 0.25) is 0 Å². The molecule has 152 valence electrons. The van der Waals surface area contributed by atoms with E-state index in [1.807, 2.05) is 0 Å². The van der Waals surface area contributed by atoms with Gasteiger partial charge in [-0.3, -0.25) is 5.43 Å². The highest BCUT2D eigenvalue weighted by atomic mass is 15.3. The molecule has 3 rings (SSSR count). The molecule has 1 aliphatic rings. The summed E-state index contributed by atoms with van der Waals surface area (Å²) in [5.41, 5.74) is 12.4. The molecule has 0 heterocycles. The normalized spacial score (nSPS) is 17.0. The van der Waals surface area contributed by atoms with E-state index in [1.54, 1.807) is 0 Å². The fraction of sp³-hybridized carbons (Fsp3) is 0.370. The molecule has 0 fully saturated rings. The van der Waals surface area contributed by atoms with Crippen LogP contribution in [0.15, 0.2) is 76.9 Å². The van der Waals surface area contributed by atoms with Crippen molar-refractivity contribution in [2.24, 2.45) is 11.0 Å². The van der Waals surface area contributed by atoms with E-state index in [9.17, 15) is 0 Å². The second-order valence-electron chi connectivity index (χ2n) is 8.69. The van der Waals surface area contributed by atoms with E-state index in [2.05, 4.69) is 108 Å². The average Bonchev–Trinajstić information content (AvgIpc) is 3.03. The highest BCUT2D eigenvalue weighted by Gasteiger charge is 2.19. The molecule has 2 heteroatoms. The van der Waals surface area contributed by atoms with Gasteiger partial charge in [-0.1, -0.05) is 99.5 Å². The second kappa shape index (κ2) is 9.26. The van der Waals surface area contributed by atoms with Crippen molar-refractivity contribution in [3.63, 3.8) is 0 Å². The number of hydrogen-bond donors (Lipinski definition) is 1. The molecule has 1 unspecified atom stereocenters. The van der Waals surface area contributed by atoms with Crippen molar-refractivity contribution < 1.29 is 0 Å². The Morgan fingerprint density at radius 1 is 0.897 bits per heavy atom. The number of hydrogen-bond acceptors (Lipinski definition) is 2. The molecular weight excluding hydrogens is 352 g/mol. The topological polar surface area (TPSA) is 24.4 Å². The van der Waals surface area contributed by atoms with Gasteiger partial charge in [0.1, 0.15) is 0 Å². The van der Waals surface area contributed by atoms with E-state index in [1.165, 1.54) is 27.8 Å². The predicted octanol–water partition coefficient (Wildman–Crippen LogP) is 7.66. The van der Waals surface area contributed by atoms with Gasteiger partial charge in [0.05, 0.1) is 11.4 Å². The summed E-state index contributed by atoms with van der Waals surface area (Å²) in [5, 5.41) is 4.98. The molecule has 0 aliphatic heterocycles. The smallest absolute Gasteiger partial charge is 0.0688 e. The van der Waals surface area contributed by atoms with Crippen molar-refractivity contribution in [3.05, 3.63) is 88.5 Å². The zero-order valence-electron chi connectivity index (χ0n) is 18.7. The van der Waals surface area contributed by atoms with Crippen molar-refractivity contribution in [1.82, 2.24) is 0 Å². The summed E-state index contributed by atoms with van der Waals surface area (Å²) in [6.45, 7) is 13.4. The number of anilines is 1. The number of benzene rings is 2. The van der Waals surface area contributed by atoms with E-state index in [0.717, 1.165) is 17.8 Å². The van der Waals surface area contributed by atoms with Crippen LogP contribution >= 0.6 is 0 Å². The summed E-state index contributed by atoms with van der Waals surface area (Å²) < 4.78 is 0. The first-order chi connectivity index (χ1) is 13.9. The second-order valence-corrected chi connectivity index (χ2v) is 8.69. The van der Waals surface area contributed by atoms with Gasteiger partial charge in [0.15, 0.2) is 0 Å². The van der Waals surface area contributed by atoms with E-state index in [0.29, 0.717) is 17.8 Å². The molecule has 0 amide bonds. The van der Waals surface area contributed by atoms with Crippen LogP contribution < -0.4 is 5.43 Å². The van der Waals surface area contributed by atoms with Gasteiger partial charge in [0, 0.05) is 12.3 Å². The summed E-state index contributed by atoms with van der Waals surface area (Å²) in [6.07, 6.45) is 5.45. The van der Waals surface area contributed by atoms with Gasteiger partial charge >= 0.3 is 0 Å². The SMILES string of the molecule is CC1=C(C)C(CC(=NNc2c(C(C)C)cccc2C(C)C)c2ccccc2)C=C1. The van der Waals surface area contributed by atoms with Crippen molar-refractivity contribution >= 4 is 11.4 Å². The molecule has 0 spiro atoms.